The first-order valence-corrected chi connectivity index (χ1v) is 15.5. The Bertz CT molecular complexity index is 2600. The van der Waals surface area contributed by atoms with Gasteiger partial charge in [-0.05, 0) is 64.7 Å². The van der Waals surface area contributed by atoms with Crippen molar-refractivity contribution in [1.29, 1.82) is 0 Å². The Balaban J connectivity index is 1.31. The maximum Gasteiger partial charge on any atom is 0.211 e. The quantitative estimate of drug-likeness (QED) is 0.182. The third kappa shape index (κ3) is 3.84. The molecule has 0 aliphatic rings. The van der Waals surface area contributed by atoms with Gasteiger partial charge >= 0.3 is 0 Å². The van der Waals surface area contributed by atoms with Gasteiger partial charge in [0.15, 0.2) is 0 Å². The lowest BCUT2D eigenvalue weighted by molar-refractivity contribution is 1.18. The van der Waals surface area contributed by atoms with E-state index in [4.69, 9.17) is 6.57 Å². The molecule has 0 aliphatic carbocycles. The Hall–Kier alpha value is -6.37. The van der Waals surface area contributed by atoms with Gasteiger partial charge in [0.2, 0.25) is 5.69 Å². The van der Waals surface area contributed by atoms with Gasteiger partial charge in [-0.25, -0.2) is 4.85 Å². The van der Waals surface area contributed by atoms with Crippen molar-refractivity contribution in [3.63, 3.8) is 0 Å². The molecule has 214 valence electrons. The van der Waals surface area contributed by atoms with Crippen molar-refractivity contribution in [2.75, 3.05) is 0 Å². The van der Waals surface area contributed by atoms with Crippen LogP contribution in [-0.2, 0) is 0 Å². The number of nitrogens with zero attached hydrogens (tertiary/aromatic N) is 3. The highest BCUT2D eigenvalue weighted by atomic mass is 15.0. The van der Waals surface area contributed by atoms with Crippen molar-refractivity contribution in [3.05, 3.63) is 175 Å². The molecule has 7 aromatic carbocycles. The maximum atomic E-state index is 8.23. The summed E-state index contributed by atoms with van der Waals surface area (Å²) in [5, 5.41) is 4.79. The van der Waals surface area contributed by atoms with E-state index in [2.05, 4.69) is 166 Å². The van der Waals surface area contributed by atoms with E-state index in [0.717, 1.165) is 44.7 Å². The van der Waals surface area contributed by atoms with Crippen LogP contribution in [0.1, 0.15) is 0 Å². The van der Waals surface area contributed by atoms with Gasteiger partial charge in [-0.1, -0.05) is 121 Å². The number of fused-ring (bicyclic) bond motifs is 6. The summed E-state index contributed by atoms with van der Waals surface area (Å²) in [6.45, 7) is 8.23. The van der Waals surface area contributed by atoms with Gasteiger partial charge in [-0.2, -0.15) is 0 Å². The standard InChI is InChI=1S/C43H27N3/c1-44-38-22-13-21-36(43(38)46-40-24-11-7-18-33(40)34-19-8-12-25-41(34)46)32-17-6-5-16-31(32)29-26-27-42-37(28-29)35-20-9-10-23-39(35)45(42)30-14-3-2-4-15-30/h2-28H. The zero-order valence-corrected chi connectivity index (χ0v) is 24.9. The molecule has 3 heteroatoms. The first kappa shape index (κ1) is 26.1. The minimum absolute atomic E-state index is 0.625. The molecular weight excluding hydrogens is 558 g/mol. The lowest BCUT2D eigenvalue weighted by atomic mass is 9.92. The summed E-state index contributed by atoms with van der Waals surface area (Å²) in [5.41, 5.74) is 11.6. The number of benzene rings is 7. The molecule has 0 saturated heterocycles. The molecule has 3 nitrogen and oxygen atoms in total. The summed E-state index contributed by atoms with van der Waals surface area (Å²) in [5.74, 6) is 0. The first-order valence-electron chi connectivity index (χ1n) is 15.5. The molecule has 2 aromatic heterocycles. The van der Waals surface area contributed by atoms with E-state index in [9.17, 15) is 0 Å². The number of hydrogen-bond donors (Lipinski definition) is 0. The number of aromatic nitrogens is 2. The molecule has 0 bridgehead atoms. The van der Waals surface area contributed by atoms with Crippen molar-refractivity contribution in [2.45, 2.75) is 0 Å². The Morgan fingerprint density at radius 1 is 0.391 bits per heavy atom. The summed E-state index contributed by atoms with van der Waals surface area (Å²) < 4.78 is 4.63. The van der Waals surface area contributed by atoms with Crippen LogP contribution in [-0.4, -0.2) is 9.13 Å². The maximum absolute atomic E-state index is 8.23. The zero-order valence-electron chi connectivity index (χ0n) is 24.9. The Kier molecular flexibility index (Phi) is 5.88. The molecule has 0 N–H and O–H groups in total. The predicted octanol–water partition coefficient (Wildman–Crippen LogP) is 11.8. The van der Waals surface area contributed by atoms with Crippen LogP contribution in [0, 0.1) is 6.57 Å². The third-order valence-electron chi connectivity index (χ3n) is 9.15. The van der Waals surface area contributed by atoms with E-state index in [1.54, 1.807) is 0 Å². The van der Waals surface area contributed by atoms with E-state index in [-0.39, 0.29) is 0 Å². The van der Waals surface area contributed by atoms with Crippen LogP contribution in [0.4, 0.5) is 5.69 Å². The number of para-hydroxylation sites is 5. The highest BCUT2D eigenvalue weighted by Crippen LogP contribution is 2.44. The first-order chi connectivity index (χ1) is 22.8. The Morgan fingerprint density at radius 3 is 1.59 bits per heavy atom. The molecule has 0 aliphatic heterocycles. The molecule has 9 rings (SSSR count). The van der Waals surface area contributed by atoms with Crippen LogP contribution in [0.5, 0.6) is 0 Å². The van der Waals surface area contributed by atoms with Gasteiger partial charge < -0.3 is 9.13 Å². The second-order valence-electron chi connectivity index (χ2n) is 11.6. The van der Waals surface area contributed by atoms with Gasteiger partial charge in [0, 0.05) is 27.2 Å². The van der Waals surface area contributed by atoms with E-state index in [1.165, 1.54) is 32.6 Å². The fraction of sp³-hybridized carbons (Fsp3) is 0. The van der Waals surface area contributed by atoms with Gasteiger partial charge in [-0.3, -0.25) is 0 Å². The SMILES string of the molecule is [C-]#[N+]c1cccc(-c2ccccc2-c2ccc3c(c2)c2ccccc2n3-c2ccccc2)c1-n1c2ccccc2c2ccccc21. The summed E-state index contributed by atoms with van der Waals surface area (Å²) in [6.07, 6.45) is 0. The molecule has 0 radical (unpaired) electrons. The predicted molar refractivity (Wildman–Crippen MR) is 192 cm³/mol. The molecule has 9 aromatic rings. The summed E-state index contributed by atoms with van der Waals surface area (Å²) in [6, 6.07) is 57.7. The highest BCUT2D eigenvalue weighted by Gasteiger charge is 2.21. The normalized spacial score (nSPS) is 11.5. The van der Waals surface area contributed by atoms with Crippen molar-refractivity contribution >= 4 is 49.3 Å². The average molecular weight is 586 g/mol. The van der Waals surface area contributed by atoms with E-state index >= 15 is 0 Å². The topological polar surface area (TPSA) is 14.2 Å². The summed E-state index contributed by atoms with van der Waals surface area (Å²) in [7, 11) is 0. The largest absolute Gasteiger partial charge is 0.318 e. The lowest BCUT2D eigenvalue weighted by Crippen LogP contribution is -1.98. The van der Waals surface area contributed by atoms with Crippen molar-refractivity contribution in [2.24, 2.45) is 0 Å². The second kappa shape index (κ2) is 10.4. The minimum Gasteiger partial charge on any atom is -0.318 e. The van der Waals surface area contributed by atoms with E-state index in [0.29, 0.717) is 5.69 Å². The fourth-order valence-electron chi connectivity index (χ4n) is 7.20. The Labute approximate surface area is 266 Å². The van der Waals surface area contributed by atoms with Crippen molar-refractivity contribution in [3.8, 4) is 33.6 Å². The fourth-order valence-corrected chi connectivity index (χ4v) is 7.20. The zero-order chi connectivity index (χ0) is 30.6. The third-order valence-corrected chi connectivity index (χ3v) is 9.15. The molecule has 0 spiro atoms. The number of rotatable bonds is 4. The van der Waals surface area contributed by atoms with Crippen LogP contribution >= 0.6 is 0 Å². The summed E-state index contributed by atoms with van der Waals surface area (Å²) >= 11 is 0. The van der Waals surface area contributed by atoms with Crippen LogP contribution in [0.25, 0.3) is 82.1 Å². The molecule has 0 fully saturated rings. The van der Waals surface area contributed by atoms with Gasteiger partial charge in [0.05, 0.1) is 34.3 Å². The van der Waals surface area contributed by atoms with Gasteiger partial charge in [-0.15, -0.1) is 0 Å². The molecule has 0 saturated carbocycles. The average Bonchev–Trinajstić information content (AvgIpc) is 3.64. The van der Waals surface area contributed by atoms with Gasteiger partial charge in [0.1, 0.15) is 0 Å². The van der Waals surface area contributed by atoms with E-state index in [1.807, 2.05) is 12.1 Å². The number of hydrogen-bond acceptors (Lipinski definition) is 0. The molecule has 2 heterocycles. The van der Waals surface area contributed by atoms with Crippen LogP contribution < -0.4 is 0 Å². The van der Waals surface area contributed by atoms with Crippen LogP contribution in [0.3, 0.4) is 0 Å². The van der Waals surface area contributed by atoms with Crippen molar-refractivity contribution < 1.29 is 0 Å². The smallest absolute Gasteiger partial charge is 0.211 e. The van der Waals surface area contributed by atoms with Crippen LogP contribution in [0.2, 0.25) is 0 Å². The van der Waals surface area contributed by atoms with Gasteiger partial charge in [0.25, 0.3) is 0 Å². The minimum atomic E-state index is 0.625. The molecule has 0 unspecified atom stereocenters. The molecule has 46 heavy (non-hydrogen) atoms. The monoisotopic (exact) mass is 585 g/mol. The highest BCUT2D eigenvalue weighted by molar-refractivity contribution is 6.12. The lowest BCUT2D eigenvalue weighted by Gasteiger charge is -2.18. The summed E-state index contributed by atoms with van der Waals surface area (Å²) in [4.78, 5) is 4.06. The van der Waals surface area contributed by atoms with Crippen molar-refractivity contribution in [1.82, 2.24) is 9.13 Å². The second-order valence-corrected chi connectivity index (χ2v) is 11.6. The Morgan fingerprint density at radius 2 is 0.913 bits per heavy atom. The molecule has 0 amide bonds. The van der Waals surface area contributed by atoms with E-state index < -0.39 is 0 Å². The van der Waals surface area contributed by atoms with Crippen LogP contribution in [0.15, 0.2) is 164 Å². The molecular formula is C43H27N3. The molecule has 0 atom stereocenters.